The van der Waals surface area contributed by atoms with Gasteiger partial charge in [-0.2, -0.15) is 0 Å². The quantitative estimate of drug-likeness (QED) is 0.176. The molecular formula is C34H36N4O2S. The maximum atomic E-state index is 11.8. The zero-order chi connectivity index (χ0) is 28.7. The van der Waals surface area contributed by atoms with Crippen LogP contribution in [0.1, 0.15) is 42.6 Å². The molecule has 4 aromatic carbocycles. The van der Waals surface area contributed by atoms with Crippen molar-refractivity contribution >= 4 is 10.0 Å². The second-order valence-electron chi connectivity index (χ2n) is 10.2. The summed E-state index contributed by atoms with van der Waals surface area (Å²) in [6.45, 7) is 3.62. The summed E-state index contributed by atoms with van der Waals surface area (Å²) in [5.41, 5.74) is 6.47. The number of benzene rings is 4. The Morgan fingerprint density at radius 3 is 1.95 bits per heavy atom. The Bertz CT molecular complexity index is 1650. The minimum absolute atomic E-state index is 0.0626. The molecule has 0 saturated heterocycles. The Kier molecular flexibility index (Phi) is 9.09. The summed E-state index contributed by atoms with van der Waals surface area (Å²) in [6.07, 6.45) is 2.87. The molecule has 6 nitrogen and oxygen atoms in total. The number of aromatic nitrogens is 2. The zero-order valence-corrected chi connectivity index (χ0v) is 24.1. The van der Waals surface area contributed by atoms with Crippen LogP contribution in [-0.4, -0.2) is 18.0 Å². The Morgan fingerprint density at radius 2 is 1.37 bits per heavy atom. The number of nitrogens with zero attached hydrogens (tertiary/aromatic N) is 2. The third-order valence-corrected chi connectivity index (χ3v) is 8.17. The fourth-order valence-corrected chi connectivity index (χ4v) is 5.65. The maximum Gasteiger partial charge on any atom is 0.238 e. The number of imidazole rings is 1. The predicted molar refractivity (Wildman–Crippen MR) is 166 cm³/mol. The molecule has 3 N–H and O–H groups in total. The van der Waals surface area contributed by atoms with Crippen LogP contribution in [0.3, 0.4) is 0 Å². The van der Waals surface area contributed by atoms with Crippen molar-refractivity contribution in [3.63, 3.8) is 0 Å². The lowest BCUT2D eigenvalue weighted by Crippen LogP contribution is -2.26. The molecule has 7 heteroatoms. The molecule has 1 heterocycles. The molecule has 0 spiro atoms. The molecule has 0 aliphatic carbocycles. The van der Waals surface area contributed by atoms with Crippen molar-refractivity contribution in [3.05, 3.63) is 132 Å². The first kappa shape index (κ1) is 28.5. The van der Waals surface area contributed by atoms with Gasteiger partial charge in [0.15, 0.2) is 0 Å². The van der Waals surface area contributed by atoms with Gasteiger partial charge in [-0.1, -0.05) is 116 Å². The highest BCUT2D eigenvalue weighted by atomic mass is 32.2. The van der Waals surface area contributed by atoms with Crippen LogP contribution in [0.2, 0.25) is 0 Å². The van der Waals surface area contributed by atoms with Gasteiger partial charge in [-0.25, -0.2) is 18.5 Å². The topological polar surface area (TPSA) is 90.0 Å². The summed E-state index contributed by atoms with van der Waals surface area (Å²) in [5, 5.41) is 9.13. The average molecular weight is 565 g/mol. The van der Waals surface area contributed by atoms with E-state index in [2.05, 4.69) is 89.6 Å². The van der Waals surface area contributed by atoms with Gasteiger partial charge in [-0.3, -0.25) is 0 Å². The molecule has 0 aliphatic rings. The summed E-state index contributed by atoms with van der Waals surface area (Å²) in [5.74, 6) is 0.963. The van der Waals surface area contributed by atoms with Crippen LogP contribution >= 0.6 is 0 Å². The largest absolute Gasteiger partial charge is 0.326 e. The molecule has 0 radical (unpaired) electrons. The van der Waals surface area contributed by atoms with Crippen LogP contribution in [0, 0.1) is 0 Å². The van der Waals surface area contributed by atoms with E-state index in [0.717, 1.165) is 59.7 Å². The highest BCUT2D eigenvalue weighted by molar-refractivity contribution is 7.89. The lowest BCUT2D eigenvalue weighted by molar-refractivity contribution is 0.486. The summed E-state index contributed by atoms with van der Waals surface area (Å²) in [7, 11) is -3.74. The highest BCUT2D eigenvalue weighted by Crippen LogP contribution is 2.35. The Morgan fingerprint density at radius 1 is 0.780 bits per heavy atom. The third kappa shape index (κ3) is 7.00. The van der Waals surface area contributed by atoms with Crippen molar-refractivity contribution in [1.82, 2.24) is 14.9 Å². The molecule has 0 fully saturated rings. The van der Waals surface area contributed by atoms with Crippen LogP contribution in [0.5, 0.6) is 0 Å². The molecule has 41 heavy (non-hydrogen) atoms. The van der Waals surface area contributed by atoms with Gasteiger partial charge < -0.3 is 9.88 Å². The number of nitrogens with one attached hydrogen (secondary N) is 1. The van der Waals surface area contributed by atoms with E-state index in [9.17, 15) is 8.42 Å². The second kappa shape index (κ2) is 13.1. The molecule has 0 aliphatic heterocycles. The molecule has 0 saturated carbocycles. The van der Waals surface area contributed by atoms with Crippen molar-refractivity contribution in [2.24, 2.45) is 5.14 Å². The summed E-state index contributed by atoms with van der Waals surface area (Å²) >= 11 is 0. The number of rotatable bonds is 12. The lowest BCUT2D eigenvalue weighted by Gasteiger charge is -2.24. The molecule has 1 atom stereocenters. The van der Waals surface area contributed by atoms with Gasteiger partial charge in [-0.15, -0.1) is 0 Å². The van der Waals surface area contributed by atoms with Gasteiger partial charge >= 0.3 is 0 Å². The third-order valence-electron chi connectivity index (χ3n) is 7.24. The van der Waals surface area contributed by atoms with E-state index in [1.165, 1.54) is 5.56 Å². The van der Waals surface area contributed by atoms with Crippen LogP contribution in [0.15, 0.2) is 120 Å². The first-order valence-electron chi connectivity index (χ1n) is 14.0. The highest BCUT2D eigenvalue weighted by Gasteiger charge is 2.26. The van der Waals surface area contributed by atoms with Crippen molar-refractivity contribution < 1.29 is 8.42 Å². The first-order valence-corrected chi connectivity index (χ1v) is 15.6. The van der Waals surface area contributed by atoms with Crippen LogP contribution in [-0.2, 0) is 29.5 Å². The van der Waals surface area contributed by atoms with E-state index in [1.807, 2.05) is 30.3 Å². The number of primary sulfonamides is 1. The van der Waals surface area contributed by atoms with Crippen molar-refractivity contribution in [2.75, 3.05) is 0 Å². The van der Waals surface area contributed by atoms with E-state index in [1.54, 1.807) is 12.1 Å². The van der Waals surface area contributed by atoms with Gasteiger partial charge in [0.25, 0.3) is 0 Å². The minimum atomic E-state index is -3.74. The Labute approximate surface area is 243 Å². The maximum absolute atomic E-state index is 11.8. The Hall–Kier alpha value is -4.04. The van der Waals surface area contributed by atoms with Gasteiger partial charge in [0.1, 0.15) is 5.82 Å². The molecule has 0 bridgehead atoms. The van der Waals surface area contributed by atoms with E-state index in [0.29, 0.717) is 6.54 Å². The van der Waals surface area contributed by atoms with Gasteiger partial charge in [0, 0.05) is 24.2 Å². The van der Waals surface area contributed by atoms with Crippen LogP contribution in [0.25, 0.3) is 22.6 Å². The Balaban J connectivity index is 1.62. The van der Waals surface area contributed by atoms with Gasteiger partial charge in [0.05, 0.1) is 22.3 Å². The number of sulfonamides is 1. The first-order chi connectivity index (χ1) is 19.9. The van der Waals surface area contributed by atoms with E-state index >= 15 is 0 Å². The summed E-state index contributed by atoms with van der Waals surface area (Å²) in [4.78, 5) is 5.41. The molecular weight excluding hydrogens is 528 g/mol. The van der Waals surface area contributed by atoms with Crippen molar-refractivity contribution in [1.29, 1.82) is 0 Å². The molecule has 210 valence electrons. The normalized spacial score (nSPS) is 12.3. The van der Waals surface area contributed by atoms with Gasteiger partial charge in [0.2, 0.25) is 10.0 Å². The summed E-state index contributed by atoms with van der Waals surface area (Å²) < 4.78 is 25.9. The van der Waals surface area contributed by atoms with Crippen LogP contribution < -0.4 is 10.5 Å². The molecule has 1 unspecified atom stereocenters. The number of hydrogen-bond acceptors (Lipinski definition) is 4. The fraction of sp³-hybridized carbons (Fsp3) is 0.206. The standard InChI is InChI=1S/C34H36N4O2S/c1-2-3-23-38-33(32(28-15-9-5-10-16-28)37-34(38)29-17-11-6-12-18-29)31(24-26-13-7-4-8-14-26)36-25-27-19-21-30(22-20-27)41(35,39)40/h4-22,31,36H,2-3,23-25H2,1H3,(H2,35,39,40). The number of nitrogens with two attached hydrogens (primary N) is 1. The minimum Gasteiger partial charge on any atom is -0.326 e. The lowest BCUT2D eigenvalue weighted by atomic mass is 9.98. The van der Waals surface area contributed by atoms with Crippen LogP contribution in [0.4, 0.5) is 0 Å². The van der Waals surface area contributed by atoms with Crippen molar-refractivity contribution in [2.45, 2.75) is 50.2 Å². The van der Waals surface area contributed by atoms with Crippen molar-refractivity contribution in [3.8, 4) is 22.6 Å². The molecule has 0 amide bonds. The SMILES string of the molecule is CCCCn1c(-c2ccccc2)nc(-c2ccccc2)c1C(Cc1ccccc1)NCc1ccc(S(N)(=O)=O)cc1. The predicted octanol–water partition coefficient (Wildman–Crippen LogP) is 6.74. The zero-order valence-electron chi connectivity index (χ0n) is 23.3. The molecule has 5 rings (SSSR count). The number of hydrogen-bond donors (Lipinski definition) is 2. The average Bonchev–Trinajstić information content (AvgIpc) is 3.38. The number of unbranched alkanes of at least 4 members (excludes halogenated alkanes) is 1. The summed E-state index contributed by atoms with van der Waals surface area (Å²) in [6, 6.07) is 37.9. The van der Waals surface area contributed by atoms with E-state index < -0.39 is 10.0 Å². The second-order valence-corrected chi connectivity index (χ2v) is 11.8. The smallest absolute Gasteiger partial charge is 0.238 e. The molecule has 1 aromatic heterocycles. The monoisotopic (exact) mass is 564 g/mol. The van der Waals surface area contributed by atoms with Gasteiger partial charge in [-0.05, 0) is 36.1 Å². The fourth-order valence-electron chi connectivity index (χ4n) is 5.13. The van der Waals surface area contributed by atoms with E-state index in [-0.39, 0.29) is 10.9 Å². The van der Waals surface area contributed by atoms with E-state index in [4.69, 9.17) is 10.1 Å². The molecule has 5 aromatic rings.